The Balaban J connectivity index is 1.66. The minimum atomic E-state index is -0.531. The van der Waals surface area contributed by atoms with Crippen LogP contribution in [0.1, 0.15) is 16.1 Å². The van der Waals surface area contributed by atoms with E-state index in [1.54, 1.807) is 29.8 Å². The van der Waals surface area contributed by atoms with Crippen molar-refractivity contribution < 1.29 is 14.5 Å². The van der Waals surface area contributed by atoms with Crippen LogP contribution in [0.5, 0.6) is 5.75 Å². The topological polar surface area (TPSA) is 113 Å². The van der Waals surface area contributed by atoms with Crippen molar-refractivity contribution in [2.45, 2.75) is 0 Å². The number of carbonyl (C=O) groups is 1. The number of nitrogens with two attached hydrogens (primary N) is 1. The van der Waals surface area contributed by atoms with Crippen molar-refractivity contribution in [3.8, 4) is 27.6 Å². The molecular formula is C25H18N4O4S. The predicted octanol–water partition coefficient (Wildman–Crippen LogP) is 5.46. The Morgan fingerprint density at radius 1 is 1.12 bits per heavy atom. The molecule has 0 aliphatic carbocycles. The van der Waals surface area contributed by atoms with Crippen LogP contribution in [0.4, 0.5) is 11.4 Å². The third-order valence-electron chi connectivity index (χ3n) is 5.52. The number of methoxy groups -OCH3 is 1. The van der Waals surface area contributed by atoms with Crippen molar-refractivity contribution in [2.24, 2.45) is 0 Å². The highest BCUT2D eigenvalue weighted by atomic mass is 32.1. The molecule has 0 radical (unpaired) electrons. The van der Waals surface area contributed by atoms with E-state index in [0.29, 0.717) is 16.3 Å². The smallest absolute Gasteiger partial charge is 0.270 e. The Kier molecular flexibility index (Phi) is 5.31. The highest BCUT2D eigenvalue weighted by Gasteiger charge is 2.26. The first-order chi connectivity index (χ1) is 16.5. The van der Waals surface area contributed by atoms with E-state index < -0.39 is 10.7 Å². The molecule has 3 heterocycles. The zero-order chi connectivity index (χ0) is 23.8. The molecule has 0 atom stereocenters. The van der Waals surface area contributed by atoms with Gasteiger partial charge in [0.15, 0.2) is 0 Å². The molecule has 8 nitrogen and oxygen atoms in total. The minimum absolute atomic E-state index is 0.160. The zero-order valence-electron chi connectivity index (χ0n) is 18.0. The fraction of sp³-hybridized carbons (Fsp3) is 0.0400. The maximum Gasteiger partial charge on any atom is 0.270 e. The number of benzene rings is 2. The lowest BCUT2D eigenvalue weighted by atomic mass is 10.1. The molecular weight excluding hydrogens is 452 g/mol. The first-order valence-electron chi connectivity index (χ1n) is 10.3. The highest BCUT2D eigenvalue weighted by Crippen LogP contribution is 2.40. The maximum absolute atomic E-state index is 13.5. The number of hydrogen-bond donors (Lipinski definition) is 1. The number of pyridine rings is 1. The van der Waals surface area contributed by atoms with Gasteiger partial charge in [0.2, 0.25) is 5.78 Å². The van der Waals surface area contributed by atoms with Crippen molar-refractivity contribution >= 4 is 34.0 Å². The quantitative estimate of drug-likeness (QED) is 0.200. The van der Waals surface area contributed by atoms with E-state index in [1.165, 1.54) is 29.5 Å². The standard InChI is InChI=1S/C25H18N4O4S/c1-33-20-11-3-2-9-17(20)18-14-34-25(27-18)21-19-10-4-5-12-28(19)23(22(21)26)24(30)15-7-6-8-16(13-15)29(31)32/h2-14H,26H2,1H3. The summed E-state index contributed by atoms with van der Waals surface area (Å²) in [5.74, 6) is 0.297. The molecule has 0 aliphatic rings. The lowest BCUT2D eigenvalue weighted by Gasteiger charge is -2.05. The van der Waals surface area contributed by atoms with Gasteiger partial charge in [-0.25, -0.2) is 4.98 Å². The summed E-state index contributed by atoms with van der Waals surface area (Å²) in [6.45, 7) is 0. The molecule has 2 aromatic carbocycles. The number of nitrogen functional groups attached to an aromatic ring is 1. The molecule has 0 bridgehead atoms. The van der Waals surface area contributed by atoms with E-state index in [-0.39, 0.29) is 22.6 Å². The van der Waals surface area contributed by atoms with E-state index in [0.717, 1.165) is 16.8 Å². The zero-order valence-corrected chi connectivity index (χ0v) is 18.8. The Bertz CT molecular complexity index is 1570. The van der Waals surface area contributed by atoms with Gasteiger partial charge in [-0.05, 0) is 24.3 Å². The first-order valence-corrected chi connectivity index (χ1v) is 11.1. The fourth-order valence-electron chi connectivity index (χ4n) is 3.95. The predicted molar refractivity (Wildman–Crippen MR) is 131 cm³/mol. The molecule has 3 aromatic heterocycles. The Morgan fingerprint density at radius 2 is 1.91 bits per heavy atom. The van der Waals surface area contributed by atoms with Crippen molar-refractivity contribution in [3.05, 3.63) is 99.7 Å². The molecule has 2 N–H and O–H groups in total. The summed E-state index contributed by atoms with van der Waals surface area (Å²) in [7, 11) is 1.61. The van der Waals surface area contributed by atoms with Crippen LogP contribution in [0.25, 0.3) is 27.3 Å². The SMILES string of the molecule is COc1ccccc1-c1csc(-c2c(N)c(C(=O)c3cccc([N+](=O)[O-])c3)n3ccccc23)n1. The number of nitro groups is 1. The number of ketones is 1. The molecule has 168 valence electrons. The van der Waals surface area contributed by atoms with Crippen molar-refractivity contribution in [3.63, 3.8) is 0 Å². The molecule has 0 saturated heterocycles. The van der Waals surface area contributed by atoms with E-state index >= 15 is 0 Å². The summed E-state index contributed by atoms with van der Waals surface area (Å²) in [6.07, 6.45) is 1.74. The first kappa shape index (κ1) is 21.4. The number of hydrogen-bond acceptors (Lipinski definition) is 7. The molecule has 0 unspecified atom stereocenters. The third kappa shape index (κ3) is 3.48. The van der Waals surface area contributed by atoms with Gasteiger partial charge in [-0.2, -0.15) is 0 Å². The maximum atomic E-state index is 13.5. The second kappa shape index (κ2) is 8.45. The summed E-state index contributed by atoms with van der Waals surface area (Å²) in [5.41, 5.74) is 10.0. The van der Waals surface area contributed by atoms with E-state index in [1.807, 2.05) is 41.8 Å². The van der Waals surface area contributed by atoms with Gasteiger partial charge in [0.25, 0.3) is 5.69 Å². The number of para-hydroxylation sites is 1. The van der Waals surface area contributed by atoms with E-state index in [9.17, 15) is 14.9 Å². The summed E-state index contributed by atoms with van der Waals surface area (Å²) in [5, 5.41) is 13.8. The average Bonchev–Trinajstić information content (AvgIpc) is 3.45. The lowest BCUT2D eigenvalue weighted by Crippen LogP contribution is -2.08. The van der Waals surface area contributed by atoms with Crippen LogP contribution < -0.4 is 10.5 Å². The lowest BCUT2D eigenvalue weighted by molar-refractivity contribution is -0.384. The monoisotopic (exact) mass is 470 g/mol. The molecule has 5 rings (SSSR count). The second-order valence-electron chi connectivity index (χ2n) is 7.47. The van der Waals surface area contributed by atoms with Crippen molar-refractivity contribution in [1.82, 2.24) is 9.38 Å². The van der Waals surface area contributed by atoms with Gasteiger partial charge in [0.05, 0.1) is 34.5 Å². The highest BCUT2D eigenvalue weighted by molar-refractivity contribution is 7.13. The average molecular weight is 471 g/mol. The van der Waals surface area contributed by atoms with Crippen LogP contribution in [0, 0.1) is 10.1 Å². The van der Waals surface area contributed by atoms with Crippen LogP contribution in [-0.4, -0.2) is 27.2 Å². The Labute approximate surface area is 198 Å². The number of rotatable bonds is 6. The largest absolute Gasteiger partial charge is 0.496 e. The van der Waals surface area contributed by atoms with Crippen LogP contribution in [0.2, 0.25) is 0 Å². The fourth-order valence-corrected chi connectivity index (χ4v) is 4.84. The van der Waals surface area contributed by atoms with Gasteiger partial charge in [-0.3, -0.25) is 14.9 Å². The van der Waals surface area contributed by atoms with Gasteiger partial charge in [-0.15, -0.1) is 11.3 Å². The summed E-state index contributed by atoms with van der Waals surface area (Å²) >= 11 is 1.41. The van der Waals surface area contributed by atoms with Gasteiger partial charge in [0.1, 0.15) is 16.5 Å². The number of non-ortho nitro benzene ring substituents is 1. The molecule has 0 amide bonds. The normalized spacial score (nSPS) is 11.0. The number of thiazole rings is 1. The molecule has 0 aliphatic heterocycles. The third-order valence-corrected chi connectivity index (χ3v) is 6.38. The Hall–Kier alpha value is -4.50. The molecule has 5 aromatic rings. The summed E-state index contributed by atoms with van der Waals surface area (Å²) < 4.78 is 7.17. The number of nitro benzene ring substituents is 1. The van der Waals surface area contributed by atoms with Gasteiger partial charge >= 0.3 is 0 Å². The number of nitrogens with zero attached hydrogens (tertiary/aromatic N) is 3. The number of carbonyl (C=O) groups excluding carboxylic acids is 1. The number of anilines is 1. The summed E-state index contributed by atoms with van der Waals surface area (Å²) in [4.78, 5) is 28.9. The molecule has 0 saturated carbocycles. The molecule has 9 heteroatoms. The van der Waals surface area contributed by atoms with Crippen molar-refractivity contribution in [1.29, 1.82) is 0 Å². The number of fused-ring (bicyclic) bond motifs is 1. The minimum Gasteiger partial charge on any atom is -0.496 e. The van der Waals surface area contributed by atoms with E-state index in [4.69, 9.17) is 15.5 Å². The second-order valence-corrected chi connectivity index (χ2v) is 8.33. The van der Waals surface area contributed by atoms with Gasteiger partial charge < -0.3 is 14.9 Å². The van der Waals surface area contributed by atoms with Gasteiger partial charge in [0, 0.05) is 34.8 Å². The van der Waals surface area contributed by atoms with Gasteiger partial charge in [-0.1, -0.05) is 30.3 Å². The molecule has 0 fully saturated rings. The van der Waals surface area contributed by atoms with Crippen LogP contribution in [-0.2, 0) is 0 Å². The van der Waals surface area contributed by atoms with Crippen LogP contribution >= 0.6 is 11.3 Å². The molecule has 34 heavy (non-hydrogen) atoms. The number of aromatic nitrogens is 2. The number of ether oxygens (including phenoxy) is 1. The van der Waals surface area contributed by atoms with Crippen molar-refractivity contribution in [2.75, 3.05) is 12.8 Å². The summed E-state index contributed by atoms with van der Waals surface area (Å²) in [6, 6.07) is 18.7. The van der Waals surface area contributed by atoms with Crippen LogP contribution in [0.15, 0.2) is 78.3 Å². The van der Waals surface area contributed by atoms with Crippen LogP contribution in [0.3, 0.4) is 0 Å². The van der Waals surface area contributed by atoms with E-state index in [2.05, 4.69) is 0 Å². The Morgan fingerprint density at radius 3 is 2.71 bits per heavy atom. The molecule has 0 spiro atoms.